The summed E-state index contributed by atoms with van der Waals surface area (Å²) < 4.78 is 12.0. The first-order valence-corrected chi connectivity index (χ1v) is 17.3. The maximum absolute atomic E-state index is 12.5. The molecular formula is C42H32O4S2. The van der Waals surface area contributed by atoms with Gasteiger partial charge in [-0.2, -0.15) is 0 Å². The van der Waals surface area contributed by atoms with Gasteiger partial charge in [0.1, 0.15) is 0 Å². The number of aryl methyl sites for hydroxylation is 2. The van der Waals surface area contributed by atoms with Crippen LogP contribution in [0.5, 0.6) is 0 Å². The lowest BCUT2D eigenvalue weighted by molar-refractivity contribution is 0.0375. The van der Waals surface area contributed by atoms with Gasteiger partial charge in [-0.3, -0.25) is 0 Å². The first-order valence-electron chi connectivity index (χ1n) is 15.7. The summed E-state index contributed by atoms with van der Waals surface area (Å²) in [5.74, 6) is -0.536. The normalized spacial score (nSPS) is 19.0. The Morgan fingerprint density at radius 3 is 1.15 bits per heavy atom. The first kappa shape index (κ1) is 31.6. The van der Waals surface area contributed by atoms with Crippen LogP contribution >= 0.6 is 23.5 Å². The van der Waals surface area contributed by atoms with E-state index in [-0.39, 0.29) is 11.9 Å². The van der Waals surface area contributed by atoms with E-state index in [1.807, 2.05) is 133 Å². The summed E-state index contributed by atoms with van der Waals surface area (Å²) in [4.78, 5) is 25.5. The zero-order chi connectivity index (χ0) is 33.1. The van der Waals surface area contributed by atoms with Crippen LogP contribution < -0.4 is 0 Å². The fourth-order valence-electron chi connectivity index (χ4n) is 6.04. The van der Waals surface area contributed by atoms with Crippen LogP contribution in [0, 0.1) is 13.8 Å². The highest BCUT2D eigenvalue weighted by Gasteiger charge is 2.49. The Kier molecular flexibility index (Phi) is 8.69. The first-order chi connectivity index (χ1) is 23.4. The lowest BCUT2D eigenvalue weighted by atomic mass is 9.99. The van der Waals surface area contributed by atoms with Crippen LogP contribution in [-0.4, -0.2) is 11.9 Å². The van der Waals surface area contributed by atoms with E-state index >= 15 is 0 Å². The molecule has 0 amide bonds. The maximum Gasteiger partial charge on any atom is 0.340 e. The van der Waals surface area contributed by atoms with Crippen molar-refractivity contribution < 1.29 is 19.1 Å². The highest BCUT2D eigenvalue weighted by atomic mass is 32.2. The van der Waals surface area contributed by atoms with E-state index in [4.69, 9.17) is 9.47 Å². The standard InChI is InChI=1S/2C21H16O2S/c2*1-15-9-5-8-14-19(15)24-21(16-10-3-2-4-11-16)18-13-7-6-12-17(18)20(22)23-21/h2*2-14H,1H3/t2*21-/m00/s1. The van der Waals surface area contributed by atoms with Crippen molar-refractivity contribution in [2.24, 2.45) is 0 Å². The molecule has 0 saturated heterocycles. The van der Waals surface area contributed by atoms with Gasteiger partial charge in [0.2, 0.25) is 9.87 Å². The van der Waals surface area contributed by atoms with Crippen molar-refractivity contribution in [2.75, 3.05) is 0 Å². The molecule has 48 heavy (non-hydrogen) atoms. The molecule has 6 aromatic rings. The van der Waals surface area contributed by atoms with E-state index in [1.54, 1.807) is 23.5 Å². The summed E-state index contributed by atoms with van der Waals surface area (Å²) in [6, 6.07) is 51.5. The molecular weight excluding hydrogens is 633 g/mol. The number of rotatable bonds is 6. The largest absolute Gasteiger partial charge is 0.435 e. The van der Waals surface area contributed by atoms with Gasteiger partial charge in [-0.15, -0.1) is 0 Å². The minimum atomic E-state index is -0.846. The minimum absolute atomic E-state index is 0.268. The van der Waals surface area contributed by atoms with Crippen molar-refractivity contribution in [1.29, 1.82) is 0 Å². The predicted octanol–water partition coefficient (Wildman–Crippen LogP) is 10.3. The van der Waals surface area contributed by atoms with Gasteiger partial charge in [-0.25, -0.2) is 9.59 Å². The third kappa shape index (κ3) is 5.72. The van der Waals surface area contributed by atoms with Crippen molar-refractivity contribution in [3.8, 4) is 0 Å². The molecule has 4 nitrogen and oxygen atoms in total. The molecule has 0 saturated carbocycles. The number of esters is 2. The van der Waals surface area contributed by atoms with Gasteiger partial charge >= 0.3 is 11.9 Å². The minimum Gasteiger partial charge on any atom is -0.435 e. The van der Waals surface area contributed by atoms with Gasteiger partial charge in [0.25, 0.3) is 0 Å². The number of carbonyl (C=O) groups is 2. The molecule has 8 rings (SSSR count). The second-order valence-corrected chi connectivity index (χ2v) is 14.0. The van der Waals surface area contributed by atoms with E-state index in [2.05, 4.69) is 38.1 Å². The second kappa shape index (κ2) is 13.2. The van der Waals surface area contributed by atoms with Gasteiger partial charge in [-0.05, 0) is 49.2 Å². The van der Waals surface area contributed by atoms with Crippen LogP contribution in [-0.2, 0) is 19.3 Å². The number of hydrogen-bond acceptors (Lipinski definition) is 6. The number of hydrogen-bond donors (Lipinski definition) is 0. The second-order valence-electron chi connectivity index (χ2n) is 11.6. The number of fused-ring (bicyclic) bond motifs is 2. The smallest absolute Gasteiger partial charge is 0.340 e. The lowest BCUT2D eigenvalue weighted by Crippen LogP contribution is -2.23. The highest BCUT2D eigenvalue weighted by Crippen LogP contribution is 2.54. The predicted molar refractivity (Wildman–Crippen MR) is 192 cm³/mol. The molecule has 2 aliphatic rings. The van der Waals surface area contributed by atoms with Crippen LogP contribution in [0.4, 0.5) is 0 Å². The Morgan fingerprint density at radius 1 is 0.417 bits per heavy atom. The summed E-state index contributed by atoms with van der Waals surface area (Å²) in [6.07, 6.45) is 0. The molecule has 0 aliphatic carbocycles. The average Bonchev–Trinajstić information content (AvgIpc) is 3.59. The van der Waals surface area contributed by atoms with Crippen molar-refractivity contribution in [2.45, 2.75) is 33.5 Å². The number of carbonyl (C=O) groups excluding carboxylic acids is 2. The Labute approximate surface area is 289 Å². The summed E-state index contributed by atoms with van der Waals surface area (Å²) >= 11 is 3.16. The topological polar surface area (TPSA) is 52.6 Å². The molecule has 2 heterocycles. The Hall–Kier alpha value is -5.04. The monoisotopic (exact) mass is 664 g/mol. The van der Waals surface area contributed by atoms with Gasteiger partial charge < -0.3 is 9.47 Å². The van der Waals surface area contributed by atoms with Gasteiger partial charge in [0, 0.05) is 32.0 Å². The summed E-state index contributed by atoms with van der Waals surface area (Å²) in [7, 11) is 0. The Morgan fingerprint density at radius 2 is 0.750 bits per heavy atom. The van der Waals surface area contributed by atoms with E-state index in [1.165, 1.54) is 11.1 Å². The fraction of sp³-hybridized carbons (Fsp3) is 0.0952. The van der Waals surface area contributed by atoms with Gasteiger partial charge in [-0.1, -0.05) is 157 Å². The van der Waals surface area contributed by atoms with Gasteiger partial charge in [0.15, 0.2) is 0 Å². The van der Waals surface area contributed by atoms with Crippen LogP contribution in [0.3, 0.4) is 0 Å². The zero-order valence-corrected chi connectivity index (χ0v) is 28.1. The molecule has 0 bridgehead atoms. The van der Waals surface area contributed by atoms with Crippen molar-refractivity contribution in [1.82, 2.24) is 0 Å². The quantitative estimate of drug-likeness (QED) is 0.165. The SMILES string of the molecule is Cc1ccccc1S[C@]1(c2ccccc2)OC(=O)c2ccccc21.Cc1ccccc1S[C@]1(c2ccccc2)OC(=O)c2ccccc21. The van der Waals surface area contributed by atoms with Crippen LogP contribution in [0.25, 0.3) is 0 Å². The van der Waals surface area contributed by atoms with Crippen molar-refractivity contribution >= 4 is 35.5 Å². The highest BCUT2D eigenvalue weighted by molar-refractivity contribution is 8.00. The Bertz CT molecular complexity index is 1960. The fourth-order valence-corrected chi connectivity index (χ4v) is 8.73. The molecule has 6 aromatic carbocycles. The van der Waals surface area contributed by atoms with E-state index in [0.717, 1.165) is 32.0 Å². The summed E-state index contributed by atoms with van der Waals surface area (Å²) in [6.45, 7) is 4.15. The zero-order valence-electron chi connectivity index (χ0n) is 26.5. The molecule has 2 atom stereocenters. The third-order valence-corrected chi connectivity index (χ3v) is 11.5. The van der Waals surface area contributed by atoms with Crippen LogP contribution in [0.1, 0.15) is 54.1 Å². The number of cyclic esters (lactones) is 2. The molecule has 0 fully saturated rings. The molecule has 6 heteroatoms. The molecule has 236 valence electrons. The van der Waals surface area contributed by atoms with Gasteiger partial charge in [0.05, 0.1) is 11.1 Å². The van der Waals surface area contributed by atoms with E-state index in [9.17, 15) is 9.59 Å². The van der Waals surface area contributed by atoms with E-state index < -0.39 is 9.87 Å². The number of benzene rings is 6. The van der Waals surface area contributed by atoms with Crippen molar-refractivity contribution in [3.05, 3.63) is 202 Å². The third-order valence-electron chi connectivity index (χ3n) is 8.48. The molecule has 0 spiro atoms. The average molecular weight is 665 g/mol. The summed E-state index contributed by atoms with van der Waals surface area (Å²) in [5.41, 5.74) is 7.37. The van der Waals surface area contributed by atoms with Crippen LogP contribution in [0.2, 0.25) is 0 Å². The van der Waals surface area contributed by atoms with E-state index in [0.29, 0.717) is 11.1 Å². The number of thioether (sulfide) groups is 2. The van der Waals surface area contributed by atoms with Crippen LogP contribution in [0.15, 0.2) is 168 Å². The molecule has 0 unspecified atom stereocenters. The Balaban J connectivity index is 0.000000152. The lowest BCUT2D eigenvalue weighted by Gasteiger charge is -2.29. The van der Waals surface area contributed by atoms with Crippen molar-refractivity contribution in [3.63, 3.8) is 0 Å². The molecule has 0 radical (unpaired) electrons. The molecule has 0 N–H and O–H groups in total. The number of ether oxygens (including phenoxy) is 2. The molecule has 2 aliphatic heterocycles. The maximum atomic E-state index is 12.5. The molecule has 0 aromatic heterocycles. The summed E-state index contributed by atoms with van der Waals surface area (Å²) in [5, 5.41) is 0.